The first-order valence-corrected chi connectivity index (χ1v) is 8.44. The summed E-state index contributed by atoms with van der Waals surface area (Å²) >= 11 is 0. The Bertz CT molecular complexity index is 1070. The van der Waals surface area contributed by atoms with Gasteiger partial charge in [0.15, 0.2) is 5.78 Å². The summed E-state index contributed by atoms with van der Waals surface area (Å²) in [7, 11) is 0. The van der Waals surface area contributed by atoms with Crippen LogP contribution in [0.2, 0.25) is 0 Å². The van der Waals surface area contributed by atoms with E-state index in [0.29, 0.717) is 16.7 Å². The minimum Gasteiger partial charge on any atom is -0.394 e. The molecule has 0 atom stereocenters. The Labute approximate surface area is 159 Å². The maximum Gasteiger partial charge on any atom is 0.418 e. The van der Waals surface area contributed by atoms with E-state index >= 15 is 0 Å². The molecule has 0 aliphatic heterocycles. The summed E-state index contributed by atoms with van der Waals surface area (Å²) in [5.41, 5.74) is 4.37. The molecule has 0 fully saturated rings. The summed E-state index contributed by atoms with van der Waals surface area (Å²) in [6.07, 6.45) is -4.74. The molecule has 0 saturated carbocycles. The van der Waals surface area contributed by atoms with Crippen molar-refractivity contribution in [1.29, 1.82) is 0 Å². The van der Waals surface area contributed by atoms with Crippen LogP contribution in [0.15, 0.2) is 65.5 Å². The molecule has 1 aromatic heterocycles. The number of halogens is 3. The molecule has 0 spiro atoms. The van der Waals surface area contributed by atoms with Crippen LogP contribution in [0.1, 0.15) is 28.4 Å². The van der Waals surface area contributed by atoms with Crippen molar-refractivity contribution in [3.05, 3.63) is 87.7 Å². The molecule has 4 nitrogen and oxygen atoms in total. The van der Waals surface area contributed by atoms with Gasteiger partial charge in [0.1, 0.15) is 5.69 Å². The molecule has 2 aromatic carbocycles. The van der Waals surface area contributed by atoms with E-state index in [1.807, 2.05) is 0 Å². The number of pyridine rings is 1. The summed E-state index contributed by atoms with van der Waals surface area (Å²) in [4.78, 5) is 24.1. The van der Waals surface area contributed by atoms with Crippen LogP contribution in [-0.2, 0) is 12.7 Å². The lowest BCUT2D eigenvalue weighted by molar-refractivity contribution is -0.137. The van der Waals surface area contributed by atoms with Gasteiger partial charge in [-0.2, -0.15) is 13.2 Å². The molecule has 144 valence electrons. The van der Waals surface area contributed by atoms with E-state index in [1.165, 1.54) is 11.5 Å². The zero-order valence-electron chi connectivity index (χ0n) is 15.0. The van der Waals surface area contributed by atoms with Gasteiger partial charge in [-0.05, 0) is 24.1 Å². The standard InChI is InChI=1S/C21H17F3N2O2/c1-13(27)15-9-7-14(8-10-15)12-26-18(16-5-3-2-4-6-16)11-17(21(22,23)24)19(25)20(26)28/h2-11H,12,25H2,1H3. The number of carbonyl (C=O) groups excluding carboxylic acids is 1. The molecule has 0 aliphatic carbocycles. The van der Waals surface area contributed by atoms with Crippen LogP contribution in [0.25, 0.3) is 11.3 Å². The first kappa shape index (κ1) is 19.4. The highest BCUT2D eigenvalue weighted by Crippen LogP contribution is 2.34. The van der Waals surface area contributed by atoms with Gasteiger partial charge >= 0.3 is 6.18 Å². The van der Waals surface area contributed by atoms with Gasteiger partial charge in [-0.3, -0.25) is 9.59 Å². The maximum absolute atomic E-state index is 13.3. The number of benzene rings is 2. The molecular weight excluding hydrogens is 369 g/mol. The van der Waals surface area contributed by atoms with Crippen molar-refractivity contribution < 1.29 is 18.0 Å². The van der Waals surface area contributed by atoms with Crippen molar-refractivity contribution in [3.8, 4) is 11.3 Å². The molecule has 1 heterocycles. The Morgan fingerprint density at radius 1 is 1.04 bits per heavy atom. The number of Topliss-reactive ketones (excluding diaryl/α,β-unsaturated/α-hetero) is 1. The Hall–Kier alpha value is -3.35. The third-order valence-electron chi connectivity index (χ3n) is 4.41. The number of anilines is 1. The number of carbonyl (C=O) groups is 1. The van der Waals surface area contributed by atoms with Crippen LogP contribution in [0.4, 0.5) is 18.9 Å². The van der Waals surface area contributed by atoms with Crippen molar-refractivity contribution in [1.82, 2.24) is 4.57 Å². The van der Waals surface area contributed by atoms with Gasteiger partial charge < -0.3 is 10.3 Å². The highest BCUT2D eigenvalue weighted by atomic mass is 19.4. The average Bonchev–Trinajstić information content (AvgIpc) is 2.66. The van der Waals surface area contributed by atoms with Gasteiger partial charge in [-0.1, -0.05) is 54.6 Å². The molecule has 3 rings (SSSR count). The number of nitrogens with zero attached hydrogens (tertiary/aromatic N) is 1. The topological polar surface area (TPSA) is 65.1 Å². The average molecular weight is 386 g/mol. The maximum atomic E-state index is 13.3. The van der Waals surface area contributed by atoms with E-state index < -0.39 is 23.0 Å². The Balaban J connectivity index is 2.17. The van der Waals surface area contributed by atoms with Crippen molar-refractivity contribution in [2.75, 3.05) is 5.73 Å². The van der Waals surface area contributed by atoms with Crippen molar-refractivity contribution in [3.63, 3.8) is 0 Å². The first-order valence-electron chi connectivity index (χ1n) is 8.44. The van der Waals surface area contributed by atoms with E-state index in [0.717, 1.165) is 6.07 Å². The lowest BCUT2D eigenvalue weighted by atomic mass is 10.1. The molecule has 0 amide bonds. The number of rotatable bonds is 4. The van der Waals surface area contributed by atoms with Gasteiger partial charge in [0.25, 0.3) is 5.56 Å². The predicted octanol–water partition coefficient (Wildman–Crippen LogP) is 4.37. The number of ketones is 1. The number of hydrogen-bond donors (Lipinski definition) is 1. The Kier molecular flexibility index (Phi) is 5.09. The van der Waals surface area contributed by atoms with Gasteiger partial charge in [-0.15, -0.1) is 0 Å². The molecule has 7 heteroatoms. The van der Waals surface area contributed by atoms with Crippen molar-refractivity contribution in [2.24, 2.45) is 0 Å². The van der Waals surface area contributed by atoms with Gasteiger partial charge in [0.05, 0.1) is 17.8 Å². The number of aromatic nitrogens is 1. The summed E-state index contributed by atoms with van der Waals surface area (Å²) in [6.45, 7) is 1.45. The molecule has 3 aromatic rings. The second kappa shape index (κ2) is 7.34. The summed E-state index contributed by atoms with van der Waals surface area (Å²) < 4.78 is 41.2. The molecule has 0 radical (unpaired) electrons. The Morgan fingerprint density at radius 3 is 2.18 bits per heavy atom. The highest BCUT2D eigenvalue weighted by Gasteiger charge is 2.35. The van der Waals surface area contributed by atoms with Crippen LogP contribution in [0.3, 0.4) is 0 Å². The summed E-state index contributed by atoms with van der Waals surface area (Å²) in [6, 6.07) is 15.8. The molecule has 0 bridgehead atoms. The predicted molar refractivity (Wildman–Crippen MR) is 101 cm³/mol. The summed E-state index contributed by atoms with van der Waals surface area (Å²) in [5.74, 6) is -0.104. The van der Waals surface area contributed by atoms with Crippen LogP contribution in [0.5, 0.6) is 0 Å². The van der Waals surface area contributed by atoms with E-state index in [-0.39, 0.29) is 18.0 Å². The number of nitrogens with two attached hydrogens (primary N) is 1. The van der Waals surface area contributed by atoms with Crippen LogP contribution in [0, 0.1) is 0 Å². The lowest BCUT2D eigenvalue weighted by Gasteiger charge is -2.18. The molecule has 0 aliphatic rings. The van der Waals surface area contributed by atoms with Crippen LogP contribution < -0.4 is 11.3 Å². The normalized spacial score (nSPS) is 11.4. The van der Waals surface area contributed by atoms with E-state index in [2.05, 4.69) is 0 Å². The SMILES string of the molecule is CC(=O)c1ccc(Cn2c(-c3ccccc3)cc(C(F)(F)F)c(N)c2=O)cc1. The monoisotopic (exact) mass is 386 g/mol. The van der Waals surface area contributed by atoms with E-state index in [9.17, 15) is 22.8 Å². The fourth-order valence-electron chi connectivity index (χ4n) is 2.93. The molecule has 2 N–H and O–H groups in total. The molecule has 0 unspecified atom stereocenters. The number of alkyl halides is 3. The Morgan fingerprint density at radius 2 is 1.64 bits per heavy atom. The van der Waals surface area contributed by atoms with Gasteiger partial charge in [0.2, 0.25) is 0 Å². The smallest absolute Gasteiger partial charge is 0.394 e. The third kappa shape index (κ3) is 3.83. The molecular formula is C21H17F3N2O2. The van der Waals surface area contributed by atoms with Crippen LogP contribution >= 0.6 is 0 Å². The fourth-order valence-corrected chi connectivity index (χ4v) is 2.93. The first-order chi connectivity index (χ1) is 13.2. The number of hydrogen-bond acceptors (Lipinski definition) is 3. The zero-order chi connectivity index (χ0) is 20.5. The zero-order valence-corrected chi connectivity index (χ0v) is 15.0. The highest BCUT2D eigenvalue weighted by molar-refractivity contribution is 5.94. The summed E-state index contributed by atoms with van der Waals surface area (Å²) in [5, 5.41) is 0. The minimum atomic E-state index is -4.74. The quantitative estimate of drug-likeness (QED) is 0.678. The number of nitrogen functional groups attached to an aromatic ring is 1. The van der Waals surface area contributed by atoms with Gasteiger partial charge in [-0.25, -0.2) is 0 Å². The van der Waals surface area contributed by atoms with E-state index in [4.69, 9.17) is 5.73 Å². The van der Waals surface area contributed by atoms with Gasteiger partial charge in [0, 0.05) is 5.56 Å². The van der Waals surface area contributed by atoms with E-state index in [1.54, 1.807) is 54.6 Å². The second-order valence-corrected chi connectivity index (χ2v) is 6.37. The molecule has 28 heavy (non-hydrogen) atoms. The second-order valence-electron chi connectivity index (χ2n) is 6.37. The third-order valence-corrected chi connectivity index (χ3v) is 4.41. The van der Waals surface area contributed by atoms with Crippen molar-refractivity contribution >= 4 is 11.5 Å². The van der Waals surface area contributed by atoms with Crippen LogP contribution in [-0.4, -0.2) is 10.4 Å². The lowest BCUT2D eigenvalue weighted by Crippen LogP contribution is -2.28. The van der Waals surface area contributed by atoms with Crippen molar-refractivity contribution in [2.45, 2.75) is 19.6 Å². The minimum absolute atomic E-state index is 0.0174. The largest absolute Gasteiger partial charge is 0.418 e. The molecule has 0 saturated heterocycles. The fraction of sp³-hybridized carbons (Fsp3) is 0.143.